The van der Waals surface area contributed by atoms with Crippen molar-refractivity contribution in [1.82, 2.24) is 15.0 Å². The Hall–Kier alpha value is -2.98. The predicted molar refractivity (Wildman–Crippen MR) is 125 cm³/mol. The van der Waals surface area contributed by atoms with Crippen molar-refractivity contribution < 1.29 is 28.1 Å². The highest BCUT2D eigenvalue weighted by Crippen LogP contribution is 2.42. The molecule has 2 heterocycles. The van der Waals surface area contributed by atoms with Gasteiger partial charge in [0.1, 0.15) is 17.5 Å². The number of aromatic nitrogens is 3. The van der Waals surface area contributed by atoms with Crippen LogP contribution in [-0.4, -0.2) is 37.9 Å². The molecule has 2 aromatic heterocycles. The van der Waals surface area contributed by atoms with Gasteiger partial charge in [-0.3, -0.25) is 0 Å². The Morgan fingerprint density at radius 1 is 1.17 bits per heavy atom. The molecule has 1 atom stereocenters. The third kappa shape index (κ3) is 5.04. The zero-order valence-corrected chi connectivity index (χ0v) is 19.9. The number of halogens is 3. The number of hydrogen-bond acceptors (Lipinski definition) is 7. The Balaban J connectivity index is 1.79. The summed E-state index contributed by atoms with van der Waals surface area (Å²) in [7, 11) is 0. The molecule has 7 nitrogen and oxygen atoms in total. The van der Waals surface area contributed by atoms with Gasteiger partial charge < -0.3 is 20.3 Å². The molecule has 1 saturated carbocycles. The summed E-state index contributed by atoms with van der Waals surface area (Å²) in [5.41, 5.74) is -1.05. The number of ether oxygens (including phenoxy) is 1. The van der Waals surface area contributed by atoms with Crippen molar-refractivity contribution in [2.75, 3.05) is 11.9 Å². The standard InChI is InChI=1S/C25H29F3N4O3/c1-4-35-24-19(25(34)10-8-15(33)9-11-25)12-18-22(30-14(3)31-23(18)32-24)29-13(2)16-6-5-7-17(20(16)26)21(27)28/h5-7,12-13,15,21,33-34H,4,8-11H2,1-3H3,(H,29,30,31,32)/t13-,15?,25?/m0/s1. The molecule has 1 aromatic carbocycles. The summed E-state index contributed by atoms with van der Waals surface area (Å²) in [6, 6.07) is 4.91. The second kappa shape index (κ2) is 9.94. The fourth-order valence-corrected chi connectivity index (χ4v) is 4.54. The minimum absolute atomic E-state index is 0.0752. The molecule has 1 fully saturated rings. The Bertz CT molecular complexity index is 1220. The molecule has 0 amide bonds. The van der Waals surface area contributed by atoms with Crippen LogP contribution in [0.1, 0.15) is 74.5 Å². The van der Waals surface area contributed by atoms with E-state index in [1.54, 1.807) is 19.9 Å². The van der Waals surface area contributed by atoms with Gasteiger partial charge in [-0.15, -0.1) is 0 Å². The number of aliphatic hydroxyl groups is 2. The molecule has 0 radical (unpaired) electrons. The van der Waals surface area contributed by atoms with Crippen LogP contribution in [0.15, 0.2) is 24.3 Å². The largest absolute Gasteiger partial charge is 0.478 e. The zero-order chi connectivity index (χ0) is 25.3. The van der Waals surface area contributed by atoms with Gasteiger partial charge in [0.2, 0.25) is 5.88 Å². The Morgan fingerprint density at radius 3 is 2.51 bits per heavy atom. The number of pyridine rings is 1. The van der Waals surface area contributed by atoms with Crippen LogP contribution in [0.4, 0.5) is 19.0 Å². The molecule has 0 aliphatic heterocycles. The first kappa shape index (κ1) is 25.1. The van der Waals surface area contributed by atoms with E-state index in [1.165, 1.54) is 12.1 Å². The minimum Gasteiger partial charge on any atom is -0.478 e. The number of aliphatic hydroxyl groups excluding tert-OH is 1. The van der Waals surface area contributed by atoms with Crippen molar-refractivity contribution >= 4 is 16.9 Å². The van der Waals surface area contributed by atoms with Crippen LogP contribution in [0.2, 0.25) is 0 Å². The summed E-state index contributed by atoms with van der Waals surface area (Å²) in [4.78, 5) is 13.4. The van der Waals surface area contributed by atoms with Crippen LogP contribution in [0.3, 0.4) is 0 Å². The van der Waals surface area contributed by atoms with Gasteiger partial charge in [0.05, 0.1) is 35.3 Å². The Kier molecular flexibility index (Phi) is 7.14. The van der Waals surface area contributed by atoms with Crippen LogP contribution in [-0.2, 0) is 5.60 Å². The fraction of sp³-hybridized carbons (Fsp3) is 0.480. The van der Waals surface area contributed by atoms with Gasteiger partial charge >= 0.3 is 0 Å². The van der Waals surface area contributed by atoms with E-state index in [9.17, 15) is 23.4 Å². The highest BCUT2D eigenvalue weighted by Gasteiger charge is 2.38. The average molecular weight is 491 g/mol. The van der Waals surface area contributed by atoms with Crippen LogP contribution >= 0.6 is 0 Å². The summed E-state index contributed by atoms with van der Waals surface area (Å²) >= 11 is 0. The molecule has 3 N–H and O–H groups in total. The number of benzene rings is 1. The van der Waals surface area contributed by atoms with E-state index in [1.807, 2.05) is 6.92 Å². The lowest BCUT2D eigenvalue weighted by molar-refractivity contribution is -0.0379. The number of hydrogen-bond donors (Lipinski definition) is 3. The van der Waals surface area contributed by atoms with Gasteiger partial charge in [-0.1, -0.05) is 18.2 Å². The summed E-state index contributed by atoms with van der Waals surface area (Å²) < 4.78 is 46.9. The average Bonchev–Trinajstić information content (AvgIpc) is 2.80. The topological polar surface area (TPSA) is 100 Å². The molecular formula is C25H29F3N4O3. The quantitative estimate of drug-likeness (QED) is 0.423. The first-order chi connectivity index (χ1) is 16.6. The smallest absolute Gasteiger partial charge is 0.266 e. The van der Waals surface area contributed by atoms with E-state index in [0.717, 1.165) is 6.07 Å². The number of anilines is 1. The first-order valence-corrected chi connectivity index (χ1v) is 11.7. The minimum atomic E-state index is -2.93. The first-order valence-electron chi connectivity index (χ1n) is 11.7. The normalized spacial score (nSPS) is 21.3. The lowest BCUT2D eigenvalue weighted by Gasteiger charge is -2.35. The zero-order valence-electron chi connectivity index (χ0n) is 19.9. The number of aryl methyl sites for hydroxylation is 1. The second-order valence-electron chi connectivity index (χ2n) is 8.94. The molecule has 0 unspecified atom stereocenters. The van der Waals surface area contributed by atoms with Crippen molar-refractivity contribution in [2.45, 2.75) is 70.6 Å². The Morgan fingerprint density at radius 2 is 1.86 bits per heavy atom. The number of rotatable bonds is 7. The van der Waals surface area contributed by atoms with Crippen molar-refractivity contribution in [3.63, 3.8) is 0 Å². The predicted octanol–water partition coefficient (Wildman–Crippen LogP) is 5.10. The number of nitrogens with zero attached hydrogens (tertiary/aromatic N) is 3. The Labute approximate surface area is 201 Å². The van der Waals surface area contributed by atoms with Crippen molar-refractivity contribution in [2.24, 2.45) is 0 Å². The fourth-order valence-electron chi connectivity index (χ4n) is 4.54. The van der Waals surface area contributed by atoms with Crippen LogP contribution in [0, 0.1) is 12.7 Å². The van der Waals surface area contributed by atoms with Gasteiger partial charge in [0.25, 0.3) is 6.43 Å². The number of fused-ring (bicyclic) bond motifs is 1. The lowest BCUT2D eigenvalue weighted by atomic mass is 9.78. The van der Waals surface area contributed by atoms with E-state index in [0.29, 0.717) is 60.5 Å². The maximum absolute atomic E-state index is 14.8. The van der Waals surface area contributed by atoms with Gasteiger partial charge in [0.15, 0.2) is 5.65 Å². The molecule has 10 heteroatoms. The number of alkyl halides is 2. The van der Waals surface area contributed by atoms with E-state index in [2.05, 4.69) is 20.3 Å². The van der Waals surface area contributed by atoms with Gasteiger partial charge in [-0.05, 0) is 52.5 Å². The van der Waals surface area contributed by atoms with Gasteiger partial charge in [-0.25, -0.2) is 23.1 Å². The second-order valence-corrected chi connectivity index (χ2v) is 8.94. The highest BCUT2D eigenvalue weighted by atomic mass is 19.3. The van der Waals surface area contributed by atoms with E-state index >= 15 is 0 Å². The molecule has 1 aliphatic rings. The van der Waals surface area contributed by atoms with Crippen molar-refractivity contribution in [3.05, 3.63) is 52.6 Å². The number of nitrogens with one attached hydrogen (secondary N) is 1. The maximum atomic E-state index is 14.8. The molecule has 4 rings (SSSR count). The summed E-state index contributed by atoms with van der Waals surface area (Å²) in [6.45, 7) is 5.47. The third-order valence-electron chi connectivity index (χ3n) is 6.44. The van der Waals surface area contributed by atoms with E-state index < -0.39 is 35.6 Å². The summed E-state index contributed by atoms with van der Waals surface area (Å²) in [6.07, 6.45) is -1.86. The summed E-state index contributed by atoms with van der Waals surface area (Å²) in [5.74, 6) is 0.0195. The molecule has 1 aliphatic carbocycles. The van der Waals surface area contributed by atoms with Crippen molar-refractivity contribution in [1.29, 1.82) is 0 Å². The van der Waals surface area contributed by atoms with Gasteiger partial charge in [0, 0.05) is 11.1 Å². The van der Waals surface area contributed by atoms with E-state index in [4.69, 9.17) is 4.74 Å². The van der Waals surface area contributed by atoms with E-state index in [-0.39, 0.29) is 11.4 Å². The molecule has 0 spiro atoms. The molecule has 188 valence electrons. The molecule has 0 saturated heterocycles. The highest BCUT2D eigenvalue weighted by molar-refractivity contribution is 5.88. The van der Waals surface area contributed by atoms with Gasteiger partial charge in [-0.2, -0.15) is 4.98 Å². The van der Waals surface area contributed by atoms with Crippen LogP contribution in [0.25, 0.3) is 11.0 Å². The lowest BCUT2D eigenvalue weighted by Crippen LogP contribution is -2.34. The molecule has 35 heavy (non-hydrogen) atoms. The maximum Gasteiger partial charge on any atom is 0.266 e. The molecule has 3 aromatic rings. The molecule has 0 bridgehead atoms. The monoisotopic (exact) mass is 490 g/mol. The summed E-state index contributed by atoms with van der Waals surface area (Å²) in [5, 5.41) is 25.0. The third-order valence-corrected chi connectivity index (χ3v) is 6.44. The SMILES string of the molecule is CCOc1nc2nc(C)nc(N[C@@H](C)c3cccc(C(F)F)c3F)c2cc1C1(O)CCC(O)CC1. The van der Waals surface area contributed by atoms with Crippen LogP contribution in [0.5, 0.6) is 5.88 Å². The van der Waals surface area contributed by atoms with Crippen LogP contribution < -0.4 is 10.1 Å². The van der Waals surface area contributed by atoms with Crippen molar-refractivity contribution in [3.8, 4) is 5.88 Å². The molecular weight excluding hydrogens is 461 g/mol.